The van der Waals surface area contributed by atoms with Crippen molar-refractivity contribution < 1.29 is 47.8 Å². The second-order valence-corrected chi connectivity index (χ2v) is 23.7. The summed E-state index contributed by atoms with van der Waals surface area (Å²) in [6.07, 6.45) is 12.1. The van der Waals surface area contributed by atoms with E-state index in [1.807, 2.05) is 0 Å². The smallest absolute Gasteiger partial charge is 1.00 e. The molecule has 4 aromatic rings. The zero-order valence-electron chi connectivity index (χ0n) is 26.4. The number of rotatable bonds is 10. The van der Waals surface area contributed by atoms with Gasteiger partial charge in [-0.05, 0) is 38.5 Å². The first-order valence-corrected chi connectivity index (χ1v) is 23.1. The number of aryl methyl sites for hydroxylation is 6. The molecular weight excluding hydrogens is 710 g/mol. The number of hydrogen-bond acceptors (Lipinski definition) is 0. The van der Waals surface area contributed by atoms with E-state index in [1.54, 1.807) is 11.1 Å². The Kier molecular flexibility index (Phi) is 20.7. The molecule has 0 atom stereocenters. The zero-order chi connectivity index (χ0) is 28.1. The molecule has 0 aliphatic heterocycles. The fourth-order valence-corrected chi connectivity index (χ4v) is 5.28. The summed E-state index contributed by atoms with van der Waals surface area (Å²) in [6, 6.07) is 19.1. The van der Waals surface area contributed by atoms with Crippen molar-refractivity contribution in [2.45, 2.75) is 119 Å². The van der Waals surface area contributed by atoms with Crippen molar-refractivity contribution >= 4 is 27.0 Å². The van der Waals surface area contributed by atoms with Gasteiger partial charge < -0.3 is 24.8 Å². The topological polar surface area (TPSA) is 0 Å². The van der Waals surface area contributed by atoms with Crippen LogP contribution < -0.4 is 24.8 Å². The van der Waals surface area contributed by atoms with Crippen LogP contribution >= 0.6 is 0 Å². The van der Waals surface area contributed by atoms with Crippen LogP contribution in [-0.2, 0) is 61.5 Å². The van der Waals surface area contributed by atoms with E-state index in [1.165, 1.54) is 118 Å². The van der Waals surface area contributed by atoms with Crippen molar-refractivity contribution in [2.24, 2.45) is 0 Å². The first kappa shape index (κ1) is 39.3. The Morgan fingerprint density at radius 1 is 0.550 bits per heavy atom. The summed E-state index contributed by atoms with van der Waals surface area (Å²) >= 11 is 1.45. The number of halogens is 2. The average Bonchev–Trinajstić information content (AvgIpc) is 3.49. The Bertz CT molecular complexity index is 1180. The molecule has 0 spiro atoms. The van der Waals surface area contributed by atoms with E-state index >= 15 is 0 Å². The van der Waals surface area contributed by atoms with Gasteiger partial charge >= 0.3 is 41.6 Å². The Morgan fingerprint density at radius 3 is 1.15 bits per heavy atom. The van der Waals surface area contributed by atoms with Crippen LogP contribution in [0.15, 0.2) is 48.5 Å². The summed E-state index contributed by atoms with van der Waals surface area (Å²) in [4.78, 5) is 0. The summed E-state index contributed by atoms with van der Waals surface area (Å²) < 4.78 is 0. The second kappa shape index (κ2) is 21.1. The minimum absolute atomic E-state index is 0. The third kappa shape index (κ3) is 12.3. The van der Waals surface area contributed by atoms with Crippen LogP contribution in [0.4, 0.5) is 0 Å². The monoisotopic (exact) mass is 762 g/mol. The minimum atomic E-state index is 0. The van der Waals surface area contributed by atoms with Crippen LogP contribution in [0.2, 0.25) is 13.1 Å². The maximum absolute atomic E-state index is 2.43. The van der Waals surface area contributed by atoms with Crippen LogP contribution in [0.25, 0.3) is 21.5 Å². The standard InChI is InChI=1S/2C17H23.C2H6Si.2ClH.Hf/c2*1-4-7-14-10-15(8-5-2)17-12-13(6-3)9-16(17)11-14;1-3-2;;;/h2*9-12H,4-8H2,1-3H3;1-2H3;2*1H;/q2*-1;;;;+2/p-2. The third-order valence-corrected chi connectivity index (χ3v) is 6.99. The van der Waals surface area contributed by atoms with Gasteiger partial charge in [0.15, 0.2) is 0 Å². The van der Waals surface area contributed by atoms with Gasteiger partial charge in [-0.1, -0.05) is 102 Å². The summed E-state index contributed by atoms with van der Waals surface area (Å²) in [5, 5.41) is 5.89. The quantitative estimate of drug-likeness (QED) is 0.161. The molecule has 220 valence electrons. The average molecular weight is 762 g/mol. The Balaban J connectivity index is 0.000000643. The first-order chi connectivity index (χ1) is 18.3. The fourth-order valence-electron chi connectivity index (χ4n) is 5.28. The predicted octanol–water partition coefficient (Wildman–Crippen LogP) is 4.84. The maximum atomic E-state index is 2.43. The van der Waals surface area contributed by atoms with Crippen molar-refractivity contribution in [3.05, 3.63) is 81.9 Å². The van der Waals surface area contributed by atoms with E-state index in [9.17, 15) is 0 Å². The summed E-state index contributed by atoms with van der Waals surface area (Å²) in [7, 11) is 0. The van der Waals surface area contributed by atoms with E-state index in [-0.39, 0.29) is 30.3 Å². The summed E-state index contributed by atoms with van der Waals surface area (Å²) in [6.45, 7) is 18.2. The molecule has 0 fully saturated rings. The van der Waals surface area contributed by atoms with Crippen LogP contribution in [0.3, 0.4) is 0 Å². The molecule has 0 aliphatic rings. The molecule has 0 aliphatic carbocycles. The zero-order valence-corrected chi connectivity index (χ0v) is 32.6. The van der Waals surface area contributed by atoms with Crippen LogP contribution in [0.5, 0.6) is 0 Å². The molecule has 0 nitrogen and oxygen atoms in total. The van der Waals surface area contributed by atoms with Gasteiger partial charge in [-0.15, -0.1) is 56.9 Å². The Hall–Kier alpha value is -0.673. The molecule has 0 N–H and O–H groups in total. The third-order valence-electron chi connectivity index (χ3n) is 6.99. The van der Waals surface area contributed by atoms with Crippen molar-refractivity contribution in [2.75, 3.05) is 0 Å². The van der Waals surface area contributed by atoms with Gasteiger partial charge in [0.1, 0.15) is 0 Å². The molecule has 0 aromatic heterocycles. The molecule has 0 bridgehead atoms. The van der Waals surface area contributed by atoms with Crippen LogP contribution in [0, 0.1) is 0 Å². The van der Waals surface area contributed by atoms with Crippen molar-refractivity contribution in [1.82, 2.24) is 0 Å². The fraction of sp³-hybridized carbons (Fsp3) is 0.500. The van der Waals surface area contributed by atoms with Crippen molar-refractivity contribution in [3.8, 4) is 0 Å². The summed E-state index contributed by atoms with van der Waals surface area (Å²) in [5.74, 6) is 0. The normalized spacial score (nSPS) is 10.2. The number of benzene rings is 2. The molecule has 4 heteroatoms. The molecule has 0 radical (unpaired) electrons. The SMILES string of the molecule is CCCc1cc(CCC)c2cc(CC)[cH-]c2c1.CCCc1cc(CCC)c2cc(CC)[cH-]c2c1.C[Si](C)=[Hf+2].[Cl-].[Cl-]. The molecular formula is C36H52Cl2HfSi-2. The van der Waals surface area contributed by atoms with Crippen molar-refractivity contribution in [1.29, 1.82) is 0 Å². The second-order valence-electron chi connectivity index (χ2n) is 10.9. The van der Waals surface area contributed by atoms with Gasteiger partial charge in [0.2, 0.25) is 0 Å². The molecule has 4 aromatic carbocycles. The molecule has 40 heavy (non-hydrogen) atoms. The molecule has 0 saturated heterocycles. The predicted molar refractivity (Wildman–Crippen MR) is 171 cm³/mol. The Morgan fingerprint density at radius 2 is 0.875 bits per heavy atom. The molecule has 0 saturated carbocycles. The van der Waals surface area contributed by atoms with Gasteiger partial charge in [0.05, 0.1) is 0 Å². The van der Waals surface area contributed by atoms with Gasteiger partial charge in [-0.2, -0.15) is 12.1 Å². The largest absolute Gasteiger partial charge is 1.00 e. The maximum Gasteiger partial charge on any atom is -1.00 e. The van der Waals surface area contributed by atoms with E-state index < -0.39 is 0 Å². The van der Waals surface area contributed by atoms with Crippen LogP contribution in [-0.4, -0.2) is 5.49 Å². The van der Waals surface area contributed by atoms with Gasteiger partial charge in [0, 0.05) is 0 Å². The molecule has 0 heterocycles. The molecule has 0 amide bonds. The Labute approximate surface area is 273 Å². The molecule has 4 rings (SSSR count). The summed E-state index contributed by atoms with van der Waals surface area (Å²) in [5.41, 5.74) is 9.33. The van der Waals surface area contributed by atoms with E-state index in [0.29, 0.717) is 0 Å². The molecule has 0 unspecified atom stereocenters. The van der Waals surface area contributed by atoms with Crippen molar-refractivity contribution in [3.63, 3.8) is 0 Å². The van der Waals surface area contributed by atoms with E-state index in [4.69, 9.17) is 0 Å². The number of hydrogen-bond donors (Lipinski definition) is 0. The van der Waals surface area contributed by atoms with E-state index in [0.717, 1.165) is 12.8 Å². The number of fused-ring (bicyclic) bond motifs is 2. The van der Waals surface area contributed by atoms with E-state index in [2.05, 4.69) is 103 Å². The van der Waals surface area contributed by atoms with Crippen LogP contribution in [0.1, 0.15) is 101 Å². The van der Waals surface area contributed by atoms with Gasteiger partial charge in [-0.3, -0.25) is 0 Å². The first-order valence-electron chi connectivity index (χ1n) is 15.2. The van der Waals surface area contributed by atoms with Gasteiger partial charge in [-0.25, -0.2) is 0 Å². The van der Waals surface area contributed by atoms with Gasteiger partial charge in [0.25, 0.3) is 0 Å². The minimum Gasteiger partial charge on any atom is -1.00 e.